The molecule has 6 heteroatoms. The normalized spacial score (nSPS) is 11.9. The summed E-state index contributed by atoms with van der Waals surface area (Å²) in [5, 5.41) is 11.4. The van der Waals surface area contributed by atoms with Crippen molar-refractivity contribution in [3.05, 3.63) is 63.2 Å². The Morgan fingerprint density at radius 1 is 1.25 bits per heavy atom. The zero-order valence-corrected chi connectivity index (χ0v) is 11.5. The Bertz CT molecular complexity index is 644. The number of halogens is 1. The van der Waals surface area contributed by atoms with Crippen molar-refractivity contribution in [3.8, 4) is 11.5 Å². The zero-order chi connectivity index (χ0) is 14.7. The van der Waals surface area contributed by atoms with Gasteiger partial charge in [-0.05, 0) is 19.1 Å². The third-order valence-corrected chi connectivity index (χ3v) is 2.98. The lowest BCUT2D eigenvalue weighted by Crippen LogP contribution is -2.06. The van der Waals surface area contributed by atoms with Crippen LogP contribution < -0.4 is 10.5 Å². The van der Waals surface area contributed by atoms with E-state index in [-0.39, 0.29) is 17.5 Å². The summed E-state index contributed by atoms with van der Waals surface area (Å²) < 4.78 is 5.64. The second-order valence-corrected chi connectivity index (χ2v) is 4.73. The van der Waals surface area contributed by atoms with E-state index in [0.717, 1.165) is 5.56 Å². The van der Waals surface area contributed by atoms with Gasteiger partial charge >= 0.3 is 5.69 Å². The highest BCUT2D eigenvalue weighted by Gasteiger charge is 2.18. The molecule has 0 fully saturated rings. The van der Waals surface area contributed by atoms with Gasteiger partial charge in [0.2, 0.25) is 5.75 Å². The summed E-state index contributed by atoms with van der Waals surface area (Å²) in [6.07, 6.45) is 0. The second-order valence-electron chi connectivity index (χ2n) is 4.30. The molecule has 0 unspecified atom stereocenters. The van der Waals surface area contributed by atoms with Gasteiger partial charge in [-0.3, -0.25) is 10.1 Å². The first-order valence-electron chi connectivity index (χ1n) is 5.95. The number of para-hydroxylation sites is 1. The maximum atomic E-state index is 11.0. The average Bonchev–Trinajstić information content (AvgIpc) is 2.38. The molecule has 20 heavy (non-hydrogen) atoms. The summed E-state index contributed by atoms with van der Waals surface area (Å²) in [6.45, 7) is 1.81. The predicted octanol–water partition coefficient (Wildman–Crippen LogP) is 4.06. The van der Waals surface area contributed by atoms with Crippen molar-refractivity contribution >= 4 is 17.3 Å². The van der Waals surface area contributed by atoms with Gasteiger partial charge in [0, 0.05) is 28.8 Å². The summed E-state index contributed by atoms with van der Waals surface area (Å²) in [5.41, 5.74) is 6.48. The number of nitrogens with zero attached hydrogens (tertiary/aromatic N) is 1. The van der Waals surface area contributed by atoms with Crippen molar-refractivity contribution in [3.63, 3.8) is 0 Å². The van der Waals surface area contributed by atoms with Gasteiger partial charge in [0.15, 0.2) is 0 Å². The lowest BCUT2D eigenvalue weighted by atomic mass is 10.1. The Hall–Kier alpha value is -2.11. The third-order valence-electron chi connectivity index (χ3n) is 2.75. The lowest BCUT2D eigenvalue weighted by Gasteiger charge is -2.13. The second kappa shape index (κ2) is 5.90. The van der Waals surface area contributed by atoms with Crippen LogP contribution in [0.2, 0.25) is 5.02 Å². The molecule has 0 aliphatic carbocycles. The number of benzene rings is 2. The highest BCUT2D eigenvalue weighted by atomic mass is 35.5. The first-order chi connectivity index (χ1) is 9.49. The molecular weight excluding hydrogens is 280 g/mol. The van der Waals surface area contributed by atoms with Crippen LogP contribution in [0.15, 0.2) is 42.5 Å². The van der Waals surface area contributed by atoms with Crippen molar-refractivity contribution in [1.82, 2.24) is 0 Å². The fraction of sp³-hybridized carbons (Fsp3) is 0.143. The first kappa shape index (κ1) is 14.3. The van der Waals surface area contributed by atoms with Gasteiger partial charge in [0.25, 0.3) is 0 Å². The Kier molecular flexibility index (Phi) is 4.22. The maximum Gasteiger partial charge on any atom is 0.311 e. The van der Waals surface area contributed by atoms with Gasteiger partial charge in [-0.15, -0.1) is 0 Å². The van der Waals surface area contributed by atoms with Gasteiger partial charge in [0.1, 0.15) is 5.75 Å². The number of nitro groups is 1. The van der Waals surface area contributed by atoms with Gasteiger partial charge in [-0.2, -0.15) is 0 Å². The minimum Gasteiger partial charge on any atom is -0.450 e. The molecule has 0 bridgehead atoms. The Morgan fingerprint density at radius 3 is 2.60 bits per heavy atom. The molecule has 0 radical (unpaired) electrons. The topological polar surface area (TPSA) is 78.4 Å². The van der Waals surface area contributed by atoms with Crippen LogP contribution in [0.4, 0.5) is 5.69 Å². The monoisotopic (exact) mass is 292 g/mol. The smallest absolute Gasteiger partial charge is 0.311 e. The molecule has 2 aromatic rings. The van der Waals surface area contributed by atoms with E-state index in [1.165, 1.54) is 18.2 Å². The molecule has 0 saturated heterocycles. The van der Waals surface area contributed by atoms with Crippen LogP contribution in [0.1, 0.15) is 18.5 Å². The maximum absolute atomic E-state index is 11.0. The predicted molar refractivity (Wildman–Crippen MR) is 77.2 cm³/mol. The van der Waals surface area contributed by atoms with Crippen LogP contribution >= 0.6 is 11.6 Å². The van der Waals surface area contributed by atoms with Gasteiger partial charge in [-0.1, -0.05) is 29.8 Å². The number of hydrogen-bond acceptors (Lipinski definition) is 4. The summed E-state index contributed by atoms with van der Waals surface area (Å²) in [6, 6.07) is 11.1. The number of nitro benzene ring substituents is 1. The van der Waals surface area contributed by atoms with Gasteiger partial charge < -0.3 is 10.5 Å². The van der Waals surface area contributed by atoms with E-state index in [2.05, 4.69) is 0 Å². The van der Waals surface area contributed by atoms with Crippen molar-refractivity contribution in [2.24, 2.45) is 5.73 Å². The van der Waals surface area contributed by atoms with Crippen molar-refractivity contribution in [2.75, 3.05) is 0 Å². The number of rotatable bonds is 4. The number of hydrogen-bond donors (Lipinski definition) is 1. The third kappa shape index (κ3) is 3.07. The molecule has 1 atom stereocenters. The van der Waals surface area contributed by atoms with Crippen molar-refractivity contribution < 1.29 is 9.66 Å². The van der Waals surface area contributed by atoms with Crippen LogP contribution in [-0.4, -0.2) is 4.92 Å². The number of ether oxygens (including phenoxy) is 1. The van der Waals surface area contributed by atoms with E-state index in [1.807, 2.05) is 19.1 Å². The van der Waals surface area contributed by atoms with Crippen LogP contribution in [0, 0.1) is 10.1 Å². The van der Waals surface area contributed by atoms with Crippen LogP contribution in [0.5, 0.6) is 11.5 Å². The molecule has 0 aromatic heterocycles. The summed E-state index contributed by atoms with van der Waals surface area (Å²) in [7, 11) is 0. The summed E-state index contributed by atoms with van der Waals surface area (Å²) >= 11 is 5.86. The van der Waals surface area contributed by atoms with Crippen LogP contribution in [-0.2, 0) is 0 Å². The molecule has 0 heterocycles. The fourth-order valence-electron chi connectivity index (χ4n) is 1.79. The molecule has 0 spiro atoms. The molecule has 5 nitrogen and oxygen atoms in total. The minimum atomic E-state index is -0.514. The van der Waals surface area contributed by atoms with Gasteiger partial charge in [-0.25, -0.2) is 0 Å². The summed E-state index contributed by atoms with van der Waals surface area (Å²) in [4.78, 5) is 10.5. The van der Waals surface area contributed by atoms with Crippen LogP contribution in [0.3, 0.4) is 0 Å². The molecule has 104 valence electrons. The Morgan fingerprint density at radius 2 is 1.95 bits per heavy atom. The quantitative estimate of drug-likeness (QED) is 0.681. The SMILES string of the molecule is C[C@H](N)c1ccccc1Oc1cc(Cl)ccc1[N+](=O)[O-]. The average molecular weight is 293 g/mol. The van der Waals surface area contributed by atoms with E-state index < -0.39 is 4.92 Å². The summed E-state index contributed by atoms with van der Waals surface area (Å²) in [5.74, 6) is 0.573. The van der Waals surface area contributed by atoms with E-state index in [1.54, 1.807) is 12.1 Å². The molecule has 2 N–H and O–H groups in total. The molecule has 2 rings (SSSR count). The van der Waals surface area contributed by atoms with Crippen molar-refractivity contribution in [1.29, 1.82) is 0 Å². The number of nitrogens with two attached hydrogens (primary N) is 1. The molecule has 0 amide bonds. The molecular formula is C14H13ClN2O3. The molecule has 0 saturated carbocycles. The highest BCUT2D eigenvalue weighted by Crippen LogP contribution is 2.36. The van der Waals surface area contributed by atoms with E-state index in [9.17, 15) is 10.1 Å². The van der Waals surface area contributed by atoms with Crippen molar-refractivity contribution in [2.45, 2.75) is 13.0 Å². The molecule has 0 aliphatic rings. The van der Waals surface area contributed by atoms with E-state index in [4.69, 9.17) is 22.1 Å². The lowest BCUT2D eigenvalue weighted by molar-refractivity contribution is -0.385. The Labute approximate surface area is 121 Å². The van der Waals surface area contributed by atoms with E-state index in [0.29, 0.717) is 10.8 Å². The fourth-order valence-corrected chi connectivity index (χ4v) is 1.95. The molecule has 2 aromatic carbocycles. The highest BCUT2D eigenvalue weighted by molar-refractivity contribution is 6.30. The zero-order valence-electron chi connectivity index (χ0n) is 10.7. The first-order valence-corrected chi connectivity index (χ1v) is 6.33. The minimum absolute atomic E-state index is 0.0931. The largest absolute Gasteiger partial charge is 0.450 e. The standard InChI is InChI=1S/C14H13ClN2O3/c1-9(16)11-4-2-3-5-13(11)20-14-8-10(15)6-7-12(14)17(18)19/h2-9H,16H2,1H3/t9-/m0/s1. The van der Waals surface area contributed by atoms with E-state index >= 15 is 0 Å². The van der Waals surface area contributed by atoms with Crippen LogP contribution in [0.25, 0.3) is 0 Å². The molecule has 0 aliphatic heterocycles. The Balaban J connectivity index is 2.45. The van der Waals surface area contributed by atoms with Gasteiger partial charge in [0.05, 0.1) is 4.92 Å².